The Morgan fingerprint density at radius 3 is 2.69 bits per heavy atom. The molecule has 0 saturated heterocycles. The lowest BCUT2D eigenvalue weighted by Crippen LogP contribution is -2.13. The maximum atomic E-state index is 10.9. The van der Waals surface area contributed by atoms with E-state index in [4.69, 9.17) is 10.8 Å². The number of hydrogen-bond acceptors (Lipinski definition) is 2. The second-order valence-corrected chi connectivity index (χ2v) is 2.85. The number of aliphatic hydroxyl groups excluding tert-OH is 1. The van der Waals surface area contributed by atoms with Crippen molar-refractivity contribution < 1.29 is 9.90 Å². The van der Waals surface area contributed by atoms with E-state index in [9.17, 15) is 4.79 Å². The zero-order valence-corrected chi connectivity index (χ0v) is 7.36. The third kappa shape index (κ3) is 2.56. The van der Waals surface area contributed by atoms with E-state index in [1.165, 1.54) is 0 Å². The molecule has 0 fully saturated rings. The van der Waals surface area contributed by atoms with Gasteiger partial charge < -0.3 is 10.8 Å². The number of carbonyl (C=O) groups excluding carboxylic acids is 1. The van der Waals surface area contributed by atoms with Crippen LogP contribution < -0.4 is 5.73 Å². The van der Waals surface area contributed by atoms with Crippen molar-refractivity contribution in [1.82, 2.24) is 0 Å². The number of benzene rings is 1. The number of rotatable bonds is 4. The van der Waals surface area contributed by atoms with Crippen LogP contribution in [0.3, 0.4) is 0 Å². The van der Waals surface area contributed by atoms with E-state index >= 15 is 0 Å². The van der Waals surface area contributed by atoms with Gasteiger partial charge >= 0.3 is 0 Å². The first-order valence-corrected chi connectivity index (χ1v) is 4.24. The molecule has 0 atom stereocenters. The molecule has 13 heavy (non-hydrogen) atoms. The highest BCUT2D eigenvalue weighted by Gasteiger charge is 2.05. The average molecular weight is 179 g/mol. The molecular weight excluding hydrogens is 166 g/mol. The van der Waals surface area contributed by atoms with Gasteiger partial charge in [0.1, 0.15) is 0 Å². The number of nitrogens with two attached hydrogens (primary N) is 1. The zero-order valence-electron chi connectivity index (χ0n) is 7.36. The van der Waals surface area contributed by atoms with Gasteiger partial charge in [-0.05, 0) is 24.5 Å². The van der Waals surface area contributed by atoms with Gasteiger partial charge in [0.05, 0.1) is 0 Å². The lowest BCUT2D eigenvalue weighted by Gasteiger charge is -2.04. The molecular formula is C10H13NO2. The quantitative estimate of drug-likeness (QED) is 0.715. The predicted octanol–water partition coefficient (Wildman–Crippen LogP) is 0.710. The van der Waals surface area contributed by atoms with Gasteiger partial charge in [-0.25, -0.2) is 0 Å². The van der Waals surface area contributed by atoms with Crippen molar-refractivity contribution in [2.24, 2.45) is 5.73 Å². The van der Waals surface area contributed by atoms with Gasteiger partial charge in [-0.1, -0.05) is 18.2 Å². The Kier molecular flexibility index (Phi) is 3.46. The number of carbonyl (C=O) groups is 1. The van der Waals surface area contributed by atoms with Gasteiger partial charge in [-0.3, -0.25) is 4.79 Å². The highest BCUT2D eigenvalue weighted by atomic mass is 16.2. The van der Waals surface area contributed by atoms with Gasteiger partial charge in [0.25, 0.3) is 0 Å². The third-order valence-corrected chi connectivity index (χ3v) is 1.89. The standard InChI is InChI=1S/C10H13NO2/c11-10(13)9-6-2-1-4-8(9)5-3-7-12/h1-2,4,6,12H,3,5,7H2,(H2,11,13). The van der Waals surface area contributed by atoms with E-state index in [2.05, 4.69) is 0 Å². The van der Waals surface area contributed by atoms with Crippen LogP contribution in [-0.4, -0.2) is 17.6 Å². The molecule has 0 aliphatic rings. The van der Waals surface area contributed by atoms with Crippen LogP contribution in [-0.2, 0) is 6.42 Å². The molecule has 3 N–H and O–H groups in total. The molecule has 3 heteroatoms. The van der Waals surface area contributed by atoms with Gasteiger partial charge in [0.2, 0.25) is 5.91 Å². The van der Waals surface area contributed by atoms with Gasteiger partial charge in [-0.2, -0.15) is 0 Å². The highest BCUT2D eigenvalue weighted by Crippen LogP contribution is 2.09. The van der Waals surface area contributed by atoms with E-state index in [0.29, 0.717) is 18.4 Å². The lowest BCUT2D eigenvalue weighted by molar-refractivity contribution is 0.0999. The number of aryl methyl sites for hydroxylation is 1. The monoisotopic (exact) mass is 179 g/mol. The number of amides is 1. The Morgan fingerprint density at radius 1 is 1.38 bits per heavy atom. The fourth-order valence-corrected chi connectivity index (χ4v) is 1.25. The molecule has 1 rings (SSSR count). The highest BCUT2D eigenvalue weighted by molar-refractivity contribution is 5.94. The SMILES string of the molecule is NC(=O)c1ccccc1CCCO. The van der Waals surface area contributed by atoms with Gasteiger partial charge in [-0.15, -0.1) is 0 Å². The topological polar surface area (TPSA) is 63.3 Å². The summed E-state index contributed by atoms with van der Waals surface area (Å²) in [6.45, 7) is 0.132. The second-order valence-electron chi connectivity index (χ2n) is 2.85. The maximum absolute atomic E-state index is 10.9. The zero-order chi connectivity index (χ0) is 9.68. The molecule has 70 valence electrons. The van der Waals surface area contributed by atoms with E-state index in [1.54, 1.807) is 12.1 Å². The first-order chi connectivity index (χ1) is 6.25. The summed E-state index contributed by atoms with van der Waals surface area (Å²) in [7, 11) is 0. The molecule has 0 unspecified atom stereocenters. The Hall–Kier alpha value is -1.35. The lowest BCUT2D eigenvalue weighted by atomic mass is 10.0. The minimum absolute atomic E-state index is 0.132. The van der Waals surface area contributed by atoms with Crippen molar-refractivity contribution in [3.8, 4) is 0 Å². The van der Waals surface area contributed by atoms with Crippen LogP contribution in [0.4, 0.5) is 0 Å². The molecule has 0 aliphatic carbocycles. The van der Waals surface area contributed by atoms with Gasteiger partial charge in [0.15, 0.2) is 0 Å². The predicted molar refractivity (Wildman–Crippen MR) is 50.4 cm³/mol. The molecule has 0 aromatic heterocycles. The molecule has 0 saturated carbocycles. The second kappa shape index (κ2) is 4.62. The van der Waals surface area contributed by atoms with E-state index in [0.717, 1.165) is 5.56 Å². The summed E-state index contributed by atoms with van der Waals surface area (Å²) in [6.07, 6.45) is 1.35. The van der Waals surface area contributed by atoms with Crippen molar-refractivity contribution in [1.29, 1.82) is 0 Å². The minimum Gasteiger partial charge on any atom is -0.396 e. The van der Waals surface area contributed by atoms with E-state index in [1.807, 2.05) is 12.1 Å². The molecule has 3 nitrogen and oxygen atoms in total. The summed E-state index contributed by atoms with van der Waals surface area (Å²) in [5.41, 5.74) is 6.64. The Balaban J connectivity index is 2.84. The van der Waals surface area contributed by atoms with Crippen LogP contribution >= 0.6 is 0 Å². The van der Waals surface area contributed by atoms with Crippen molar-refractivity contribution in [3.63, 3.8) is 0 Å². The first-order valence-electron chi connectivity index (χ1n) is 4.24. The first kappa shape index (κ1) is 9.74. The molecule has 0 bridgehead atoms. The summed E-state index contributed by atoms with van der Waals surface area (Å²) in [5.74, 6) is -0.409. The van der Waals surface area contributed by atoms with Crippen LogP contribution in [0.1, 0.15) is 22.3 Å². The summed E-state index contributed by atoms with van der Waals surface area (Å²) in [4.78, 5) is 10.9. The minimum atomic E-state index is -0.409. The Labute approximate surface area is 77.2 Å². The largest absolute Gasteiger partial charge is 0.396 e. The fourth-order valence-electron chi connectivity index (χ4n) is 1.25. The van der Waals surface area contributed by atoms with Crippen LogP contribution in [0, 0.1) is 0 Å². The maximum Gasteiger partial charge on any atom is 0.248 e. The van der Waals surface area contributed by atoms with Crippen molar-refractivity contribution >= 4 is 5.91 Å². The van der Waals surface area contributed by atoms with Crippen LogP contribution in [0.25, 0.3) is 0 Å². The molecule has 1 aromatic rings. The fraction of sp³-hybridized carbons (Fsp3) is 0.300. The van der Waals surface area contributed by atoms with Crippen molar-refractivity contribution in [2.45, 2.75) is 12.8 Å². The number of primary amides is 1. The summed E-state index contributed by atoms with van der Waals surface area (Å²) >= 11 is 0. The molecule has 0 heterocycles. The normalized spacial score (nSPS) is 9.92. The Morgan fingerprint density at radius 2 is 2.08 bits per heavy atom. The average Bonchev–Trinajstić information content (AvgIpc) is 2.15. The van der Waals surface area contributed by atoms with Crippen molar-refractivity contribution in [2.75, 3.05) is 6.61 Å². The number of hydrogen-bond donors (Lipinski definition) is 2. The smallest absolute Gasteiger partial charge is 0.248 e. The third-order valence-electron chi connectivity index (χ3n) is 1.89. The van der Waals surface area contributed by atoms with Crippen LogP contribution in [0.15, 0.2) is 24.3 Å². The molecule has 0 spiro atoms. The van der Waals surface area contributed by atoms with Crippen LogP contribution in [0.5, 0.6) is 0 Å². The van der Waals surface area contributed by atoms with Crippen molar-refractivity contribution in [3.05, 3.63) is 35.4 Å². The molecule has 1 aromatic carbocycles. The van der Waals surface area contributed by atoms with Crippen LogP contribution in [0.2, 0.25) is 0 Å². The Bertz CT molecular complexity index is 297. The summed E-state index contributed by atoms with van der Waals surface area (Å²) < 4.78 is 0. The summed E-state index contributed by atoms with van der Waals surface area (Å²) in [5, 5.41) is 8.64. The molecule has 0 radical (unpaired) electrons. The summed E-state index contributed by atoms with van der Waals surface area (Å²) in [6, 6.07) is 7.20. The van der Waals surface area contributed by atoms with Gasteiger partial charge in [0, 0.05) is 12.2 Å². The number of aliphatic hydroxyl groups is 1. The molecule has 1 amide bonds. The molecule has 0 aliphatic heterocycles. The van der Waals surface area contributed by atoms with E-state index < -0.39 is 5.91 Å². The van der Waals surface area contributed by atoms with E-state index in [-0.39, 0.29) is 6.61 Å².